The maximum atomic E-state index is 14.0. The zero-order valence-corrected chi connectivity index (χ0v) is 22.9. The Balaban J connectivity index is 1.74. The lowest BCUT2D eigenvalue weighted by atomic mass is 10.1. The minimum atomic E-state index is -4.05. The Morgan fingerprint density at radius 2 is 1.50 bits per heavy atom. The number of hydrogen-bond acceptors (Lipinski definition) is 5. The van der Waals surface area contributed by atoms with Crippen molar-refractivity contribution in [2.24, 2.45) is 0 Å². The van der Waals surface area contributed by atoms with E-state index < -0.39 is 31.9 Å². The molecular weight excluding hydrogens is 604 g/mol. The fourth-order valence-electron chi connectivity index (χ4n) is 4.10. The normalized spacial score (nSPS) is 20.0. The molecule has 0 spiro atoms. The molecule has 6 nitrogen and oxygen atoms in total. The van der Waals surface area contributed by atoms with Crippen LogP contribution in [0.4, 0.5) is 0 Å². The largest absolute Gasteiger partial charge is 0.307 e. The Labute approximate surface area is 217 Å². The summed E-state index contributed by atoms with van der Waals surface area (Å²) in [7, 11) is -7.49. The Kier molecular flexibility index (Phi) is 7.95. The Bertz CT molecular complexity index is 1350. The third-order valence-corrected chi connectivity index (χ3v) is 10.8. The molecule has 1 aliphatic rings. The first-order valence-electron chi connectivity index (χ1n) is 10.6. The standard InChI is InChI=1S/C24H24Br2N2O4S2/c25-20-11-12-21(26)24(13-20)34(31,32)28(15-19-9-5-2-6-10-19)23-17-33(29,30)16-22(23)27-14-18-7-3-1-4-8-18/h1-13,22-23,27H,14-17H2/t22-,23+/m0/s1. The highest BCUT2D eigenvalue weighted by atomic mass is 79.9. The Morgan fingerprint density at radius 1 is 0.882 bits per heavy atom. The second-order valence-corrected chi connectivity index (χ2v) is 14.0. The number of nitrogens with one attached hydrogen (secondary N) is 1. The molecule has 3 aromatic carbocycles. The van der Waals surface area contributed by atoms with E-state index in [4.69, 9.17) is 0 Å². The lowest BCUT2D eigenvalue weighted by Crippen LogP contribution is -2.51. The van der Waals surface area contributed by atoms with Gasteiger partial charge in [0.05, 0.1) is 22.4 Å². The van der Waals surface area contributed by atoms with Crippen LogP contribution in [0.25, 0.3) is 0 Å². The molecule has 1 saturated heterocycles. The number of benzene rings is 3. The van der Waals surface area contributed by atoms with Gasteiger partial charge in [0, 0.05) is 28.1 Å². The lowest BCUT2D eigenvalue weighted by molar-refractivity contribution is 0.286. The van der Waals surface area contributed by atoms with Crippen LogP contribution in [-0.4, -0.2) is 44.7 Å². The van der Waals surface area contributed by atoms with Crippen LogP contribution in [0.3, 0.4) is 0 Å². The molecule has 1 aliphatic heterocycles. The van der Waals surface area contributed by atoms with Crippen LogP contribution in [0, 0.1) is 0 Å². The molecule has 3 aromatic rings. The van der Waals surface area contributed by atoms with Crippen molar-refractivity contribution < 1.29 is 16.8 Å². The van der Waals surface area contributed by atoms with Gasteiger partial charge in [-0.05, 0) is 45.3 Å². The smallest absolute Gasteiger partial charge is 0.244 e. The van der Waals surface area contributed by atoms with E-state index in [0.29, 0.717) is 15.5 Å². The van der Waals surface area contributed by atoms with E-state index in [9.17, 15) is 16.8 Å². The van der Waals surface area contributed by atoms with Gasteiger partial charge in [-0.2, -0.15) is 4.31 Å². The summed E-state index contributed by atoms with van der Waals surface area (Å²) in [5.41, 5.74) is 1.78. The van der Waals surface area contributed by atoms with Gasteiger partial charge < -0.3 is 5.32 Å². The van der Waals surface area contributed by atoms with E-state index in [2.05, 4.69) is 37.2 Å². The number of rotatable bonds is 8. The second-order valence-electron chi connectivity index (χ2n) is 8.23. The Hall–Kier alpha value is -1.56. The van der Waals surface area contributed by atoms with Gasteiger partial charge in [0.1, 0.15) is 0 Å². The summed E-state index contributed by atoms with van der Waals surface area (Å²) < 4.78 is 55.8. The molecule has 1 heterocycles. The molecule has 10 heteroatoms. The third kappa shape index (κ3) is 5.98. The van der Waals surface area contributed by atoms with E-state index in [1.165, 1.54) is 10.4 Å². The van der Waals surface area contributed by atoms with Crippen LogP contribution in [0.1, 0.15) is 11.1 Å². The van der Waals surface area contributed by atoms with Gasteiger partial charge in [-0.3, -0.25) is 0 Å². The van der Waals surface area contributed by atoms with Crippen molar-refractivity contribution >= 4 is 51.7 Å². The van der Waals surface area contributed by atoms with Crippen molar-refractivity contribution in [1.82, 2.24) is 9.62 Å². The Morgan fingerprint density at radius 3 is 2.15 bits per heavy atom. The summed E-state index contributed by atoms with van der Waals surface area (Å²) in [5, 5.41) is 3.31. The monoisotopic (exact) mass is 626 g/mol. The van der Waals surface area contributed by atoms with Crippen LogP contribution >= 0.6 is 31.9 Å². The summed E-state index contributed by atoms with van der Waals surface area (Å²) in [6.45, 7) is 0.503. The molecule has 0 radical (unpaired) electrons. The first-order valence-corrected chi connectivity index (χ1v) is 15.5. The molecular formula is C24H24Br2N2O4S2. The van der Waals surface area contributed by atoms with Crippen LogP contribution < -0.4 is 5.32 Å². The lowest BCUT2D eigenvalue weighted by Gasteiger charge is -2.32. The van der Waals surface area contributed by atoms with Crippen LogP contribution in [-0.2, 0) is 33.0 Å². The molecule has 1 N–H and O–H groups in total. The van der Waals surface area contributed by atoms with Crippen molar-refractivity contribution in [3.63, 3.8) is 0 Å². The molecule has 4 rings (SSSR count). The van der Waals surface area contributed by atoms with Gasteiger partial charge in [0.15, 0.2) is 9.84 Å². The first-order chi connectivity index (χ1) is 16.2. The van der Waals surface area contributed by atoms with Gasteiger partial charge in [0.25, 0.3) is 0 Å². The number of hydrogen-bond donors (Lipinski definition) is 1. The van der Waals surface area contributed by atoms with Crippen molar-refractivity contribution in [2.75, 3.05) is 11.5 Å². The SMILES string of the molecule is O=S1(=O)C[C@H](NCc2ccccc2)[C@H](N(Cc2ccccc2)S(=O)(=O)c2cc(Br)ccc2Br)C1. The summed E-state index contributed by atoms with van der Waals surface area (Å²) in [4.78, 5) is 0.0870. The number of sulfone groups is 1. The van der Waals surface area contributed by atoms with Gasteiger partial charge in [-0.1, -0.05) is 76.6 Å². The fourth-order valence-corrected chi connectivity index (χ4v) is 9.26. The van der Waals surface area contributed by atoms with Crippen molar-refractivity contribution in [3.8, 4) is 0 Å². The fraction of sp³-hybridized carbons (Fsp3) is 0.250. The molecule has 180 valence electrons. The van der Waals surface area contributed by atoms with E-state index in [1.54, 1.807) is 12.1 Å². The van der Waals surface area contributed by atoms with Crippen molar-refractivity contribution in [3.05, 3.63) is 98.9 Å². The van der Waals surface area contributed by atoms with E-state index in [-0.39, 0.29) is 22.9 Å². The average Bonchev–Trinajstić information content (AvgIpc) is 3.12. The maximum Gasteiger partial charge on any atom is 0.244 e. The van der Waals surface area contributed by atoms with E-state index in [0.717, 1.165) is 11.1 Å². The molecule has 0 amide bonds. The van der Waals surface area contributed by atoms with Crippen LogP contribution in [0.5, 0.6) is 0 Å². The number of nitrogens with zero attached hydrogens (tertiary/aromatic N) is 1. The molecule has 1 fully saturated rings. The van der Waals surface area contributed by atoms with Gasteiger partial charge in [-0.25, -0.2) is 16.8 Å². The third-order valence-electron chi connectivity index (χ3n) is 5.76. The van der Waals surface area contributed by atoms with Crippen molar-refractivity contribution in [1.29, 1.82) is 0 Å². The highest BCUT2D eigenvalue weighted by Gasteiger charge is 2.45. The zero-order valence-electron chi connectivity index (χ0n) is 18.1. The molecule has 0 aliphatic carbocycles. The minimum absolute atomic E-state index is 0.0613. The summed E-state index contributed by atoms with van der Waals surface area (Å²) in [6.07, 6.45) is 0. The molecule has 0 saturated carbocycles. The quantitative estimate of drug-likeness (QED) is 0.401. The summed E-state index contributed by atoms with van der Waals surface area (Å²) in [6, 6.07) is 22.5. The molecule has 34 heavy (non-hydrogen) atoms. The van der Waals surface area contributed by atoms with Crippen molar-refractivity contribution in [2.45, 2.75) is 30.1 Å². The highest BCUT2D eigenvalue weighted by Crippen LogP contribution is 2.33. The number of sulfonamides is 1. The number of halogens is 2. The highest BCUT2D eigenvalue weighted by molar-refractivity contribution is 9.11. The minimum Gasteiger partial charge on any atom is -0.307 e. The van der Waals surface area contributed by atoms with E-state index in [1.807, 2.05) is 60.7 Å². The second kappa shape index (κ2) is 10.6. The summed E-state index contributed by atoms with van der Waals surface area (Å²) in [5.74, 6) is -0.359. The molecule has 2 atom stereocenters. The van der Waals surface area contributed by atoms with E-state index >= 15 is 0 Å². The summed E-state index contributed by atoms with van der Waals surface area (Å²) >= 11 is 6.72. The first kappa shape index (κ1) is 25.5. The predicted molar refractivity (Wildman–Crippen MR) is 141 cm³/mol. The predicted octanol–water partition coefficient (Wildman–Crippen LogP) is 4.36. The van der Waals surface area contributed by atoms with Crippen LogP contribution in [0.2, 0.25) is 0 Å². The van der Waals surface area contributed by atoms with Gasteiger partial charge in [0.2, 0.25) is 10.0 Å². The average molecular weight is 628 g/mol. The van der Waals surface area contributed by atoms with Crippen LogP contribution in [0.15, 0.2) is 92.7 Å². The van der Waals surface area contributed by atoms with Gasteiger partial charge in [-0.15, -0.1) is 0 Å². The zero-order chi connectivity index (χ0) is 24.3. The maximum absolute atomic E-state index is 14.0. The topological polar surface area (TPSA) is 83.6 Å². The van der Waals surface area contributed by atoms with Gasteiger partial charge >= 0.3 is 0 Å². The molecule has 0 bridgehead atoms. The molecule has 0 unspecified atom stereocenters. The molecule has 0 aromatic heterocycles.